The largest absolute Gasteiger partial charge is 0.394 e. The molecule has 0 aromatic carbocycles. The van der Waals surface area contributed by atoms with Crippen molar-refractivity contribution in [2.45, 2.75) is 57.6 Å². The zero-order valence-corrected chi connectivity index (χ0v) is 18.0. The molecule has 0 saturated carbocycles. The van der Waals surface area contributed by atoms with Crippen LogP contribution in [0.3, 0.4) is 0 Å². The lowest BCUT2D eigenvalue weighted by atomic mass is 9.98. The molecular weight excluding hydrogens is 395 g/mol. The molecule has 0 unspecified atom stereocenters. The van der Waals surface area contributed by atoms with Crippen molar-refractivity contribution >= 4 is 30.8 Å². The Labute approximate surface area is 169 Å². The van der Waals surface area contributed by atoms with Crippen molar-refractivity contribution < 1.29 is 24.1 Å². The summed E-state index contributed by atoms with van der Waals surface area (Å²) < 4.78 is 22.4. The van der Waals surface area contributed by atoms with E-state index in [-0.39, 0.29) is 11.7 Å². The maximum atomic E-state index is 15.4. The first-order valence-electron chi connectivity index (χ1n) is 9.25. The van der Waals surface area contributed by atoms with Gasteiger partial charge in [-0.05, 0) is 6.92 Å². The summed E-state index contributed by atoms with van der Waals surface area (Å²) >= 11 is 0. The van der Waals surface area contributed by atoms with Gasteiger partial charge < -0.3 is 24.8 Å². The number of fused-ring (bicyclic) bond motifs is 1. The molecule has 2 aromatic rings. The number of amides is 1. The minimum Gasteiger partial charge on any atom is -0.394 e. The number of carbonyl (C=O) groups is 1. The van der Waals surface area contributed by atoms with Crippen molar-refractivity contribution in [3.8, 4) is 11.5 Å². The average Bonchev–Trinajstić information content (AvgIpc) is 3.08. The number of nitrogens with one attached hydrogen (secondary N) is 1. The first-order valence-corrected chi connectivity index (χ1v) is 12.8. The molecule has 1 aliphatic heterocycles. The van der Waals surface area contributed by atoms with Crippen molar-refractivity contribution in [3.63, 3.8) is 0 Å². The number of aliphatic hydroxyl groups excluding tert-OH is 2. The van der Waals surface area contributed by atoms with Crippen molar-refractivity contribution in [1.29, 1.82) is 0 Å². The minimum absolute atomic E-state index is 0.263. The van der Waals surface area contributed by atoms with Gasteiger partial charge in [0.1, 0.15) is 38.1 Å². The van der Waals surface area contributed by atoms with E-state index in [2.05, 4.69) is 46.4 Å². The molecule has 0 aliphatic carbocycles. The lowest BCUT2D eigenvalue weighted by molar-refractivity contribution is -0.114. The number of alkyl halides is 1. The van der Waals surface area contributed by atoms with E-state index in [1.54, 1.807) is 6.20 Å². The number of rotatable bonds is 3. The van der Waals surface area contributed by atoms with Crippen LogP contribution in [0.2, 0.25) is 19.6 Å². The number of halogens is 1. The second-order valence-electron chi connectivity index (χ2n) is 8.36. The molecule has 0 radical (unpaired) electrons. The smallest absolute Gasteiger partial charge is 0.222 e. The van der Waals surface area contributed by atoms with Crippen LogP contribution in [0.5, 0.6) is 0 Å². The van der Waals surface area contributed by atoms with Gasteiger partial charge in [-0.25, -0.2) is 14.4 Å². The molecule has 3 heterocycles. The average molecular weight is 421 g/mol. The molecule has 1 amide bonds. The third kappa shape index (κ3) is 4.04. The molecule has 156 valence electrons. The SMILES string of the molecule is CC(=O)Nc1ncnc2c1c(C#C[Si](C)(C)C)cn2[C@@H]1O[C@H](CO)[C@@H](O)[C@@]1(C)F. The topological polar surface area (TPSA) is 110 Å². The molecule has 0 spiro atoms. The Hall–Kier alpha value is -2.32. The summed E-state index contributed by atoms with van der Waals surface area (Å²) in [5, 5.41) is 22.8. The molecule has 8 nitrogen and oxygen atoms in total. The van der Waals surface area contributed by atoms with Gasteiger partial charge in [-0.1, -0.05) is 25.6 Å². The van der Waals surface area contributed by atoms with Gasteiger partial charge in [0.2, 0.25) is 5.91 Å². The van der Waals surface area contributed by atoms with Gasteiger partial charge in [-0.2, -0.15) is 0 Å². The van der Waals surface area contributed by atoms with E-state index < -0.39 is 38.8 Å². The predicted octanol–water partition coefficient (Wildman–Crippen LogP) is 1.60. The first kappa shape index (κ1) is 21.4. The number of aliphatic hydroxyl groups is 2. The summed E-state index contributed by atoms with van der Waals surface area (Å²) in [5.74, 6) is 3.07. The molecule has 1 fully saturated rings. The first-order chi connectivity index (χ1) is 13.5. The maximum absolute atomic E-state index is 15.4. The fourth-order valence-electron chi connectivity index (χ4n) is 3.24. The van der Waals surface area contributed by atoms with E-state index in [0.717, 1.165) is 0 Å². The predicted molar refractivity (Wildman–Crippen MR) is 109 cm³/mol. The molecular formula is C19H25FN4O4Si. The van der Waals surface area contributed by atoms with Crippen LogP contribution in [0.25, 0.3) is 11.0 Å². The summed E-state index contributed by atoms with van der Waals surface area (Å²) in [4.78, 5) is 20.0. The van der Waals surface area contributed by atoms with Gasteiger partial charge in [0.05, 0.1) is 17.6 Å². The Bertz CT molecular complexity index is 1010. The molecule has 0 bridgehead atoms. The van der Waals surface area contributed by atoms with Crippen LogP contribution >= 0.6 is 0 Å². The Morgan fingerprint density at radius 2 is 2.14 bits per heavy atom. The van der Waals surface area contributed by atoms with Gasteiger partial charge in [0.15, 0.2) is 11.9 Å². The van der Waals surface area contributed by atoms with Crippen molar-refractivity contribution in [2.75, 3.05) is 11.9 Å². The second-order valence-corrected chi connectivity index (χ2v) is 13.1. The molecule has 1 aliphatic rings. The highest BCUT2D eigenvalue weighted by Crippen LogP contribution is 2.43. The Morgan fingerprint density at radius 1 is 1.45 bits per heavy atom. The summed E-state index contributed by atoms with van der Waals surface area (Å²) in [7, 11) is -1.73. The van der Waals surface area contributed by atoms with Gasteiger partial charge >= 0.3 is 0 Å². The highest BCUT2D eigenvalue weighted by molar-refractivity contribution is 6.83. The van der Waals surface area contributed by atoms with E-state index >= 15 is 4.39 Å². The number of hydrogen-bond donors (Lipinski definition) is 3. The van der Waals surface area contributed by atoms with Crippen molar-refractivity contribution in [2.24, 2.45) is 0 Å². The van der Waals surface area contributed by atoms with E-state index in [0.29, 0.717) is 16.6 Å². The van der Waals surface area contributed by atoms with E-state index in [1.165, 1.54) is 24.7 Å². The molecule has 2 aromatic heterocycles. The zero-order valence-electron chi connectivity index (χ0n) is 17.0. The number of aromatic nitrogens is 3. The molecule has 3 N–H and O–H groups in total. The lowest BCUT2D eigenvalue weighted by Gasteiger charge is -2.25. The van der Waals surface area contributed by atoms with E-state index in [1.807, 2.05) is 0 Å². The van der Waals surface area contributed by atoms with Crippen LogP contribution in [0.15, 0.2) is 12.5 Å². The molecule has 4 atom stereocenters. The van der Waals surface area contributed by atoms with Crippen LogP contribution in [-0.2, 0) is 9.53 Å². The Balaban J connectivity index is 2.24. The van der Waals surface area contributed by atoms with Crippen molar-refractivity contribution in [1.82, 2.24) is 14.5 Å². The number of nitrogens with zero attached hydrogens (tertiary/aromatic N) is 3. The van der Waals surface area contributed by atoms with Gasteiger partial charge in [0.25, 0.3) is 0 Å². The van der Waals surface area contributed by atoms with Crippen LogP contribution in [0, 0.1) is 11.5 Å². The monoisotopic (exact) mass is 420 g/mol. The van der Waals surface area contributed by atoms with Crippen LogP contribution < -0.4 is 5.32 Å². The Morgan fingerprint density at radius 3 is 2.69 bits per heavy atom. The molecule has 1 saturated heterocycles. The van der Waals surface area contributed by atoms with Gasteiger partial charge in [0, 0.05) is 13.1 Å². The number of carbonyl (C=O) groups excluding carboxylic acids is 1. The van der Waals surface area contributed by atoms with Crippen molar-refractivity contribution in [3.05, 3.63) is 18.1 Å². The Kier molecular flexibility index (Phi) is 5.53. The third-order valence-electron chi connectivity index (χ3n) is 4.63. The maximum Gasteiger partial charge on any atom is 0.222 e. The summed E-state index contributed by atoms with van der Waals surface area (Å²) in [5.41, 5.74) is 1.90. The molecule has 29 heavy (non-hydrogen) atoms. The summed E-state index contributed by atoms with van der Waals surface area (Å²) in [6, 6.07) is 0. The molecule has 10 heteroatoms. The number of anilines is 1. The highest BCUT2D eigenvalue weighted by atomic mass is 28.3. The molecule has 3 rings (SSSR count). The minimum atomic E-state index is -2.18. The van der Waals surface area contributed by atoms with E-state index in [4.69, 9.17) is 4.74 Å². The highest BCUT2D eigenvalue weighted by Gasteiger charge is 2.55. The van der Waals surface area contributed by atoms with E-state index in [9.17, 15) is 15.0 Å². The fourth-order valence-corrected chi connectivity index (χ4v) is 3.75. The van der Waals surface area contributed by atoms with Crippen LogP contribution in [0.4, 0.5) is 10.2 Å². The normalized spacial score (nSPS) is 27.0. The van der Waals surface area contributed by atoms with Gasteiger partial charge in [-0.3, -0.25) is 4.79 Å². The quantitative estimate of drug-likeness (QED) is 0.514. The third-order valence-corrected chi connectivity index (χ3v) is 5.50. The zero-order chi connectivity index (χ0) is 21.6. The van der Waals surface area contributed by atoms with Crippen LogP contribution in [-0.4, -0.2) is 63.2 Å². The number of hydrogen-bond acceptors (Lipinski definition) is 6. The van der Waals surface area contributed by atoms with Gasteiger partial charge in [-0.15, -0.1) is 5.54 Å². The van der Waals surface area contributed by atoms with Crippen LogP contribution in [0.1, 0.15) is 25.6 Å². The summed E-state index contributed by atoms with van der Waals surface area (Å²) in [6.45, 7) is 8.32. The standard InChI is InChI=1S/C19H25FN4O4Si/c1-11(26)23-16-14-12(6-7-29(3,4)5)8-24(17(14)22-10-21-16)18-19(2,20)15(27)13(9-25)28-18/h8,10,13,15,18,25,27H,9H2,1-5H3,(H,21,22,23,26)/t13-,15-,18-,19-/m1/s1. The lowest BCUT2D eigenvalue weighted by Crippen LogP contribution is -2.40. The second kappa shape index (κ2) is 7.49. The summed E-state index contributed by atoms with van der Waals surface area (Å²) in [6.07, 6.45) is -0.972. The fraction of sp³-hybridized carbons (Fsp3) is 0.526. The number of ether oxygens (including phenoxy) is 1.